The van der Waals surface area contributed by atoms with Crippen molar-refractivity contribution >= 4 is 5.71 Å². The molecule has 0 radical (unpaired) electrons. The van der Waals surface area contributed by atoms with Crippen LogP contribution in [0.2, 0.25) is 0 Å². The molecule has 1 saturated carbocycles. The van der Waals surface area contributed by atoms with Gasteiger partial charge in [-0.1, -0.05) is 17.3 Å². The smallest absolute Gasteiger partial charge is 0.0776 e. The van der Waals surface area contributed by atoms with E-state index < -0.39 is 0 Å². The Morgan fingerprint density at radius 1 is 1.50 bits per heavy atom. The molecule has 0 amide bonds. The Labute approximate surface area is 109 Å². The van der Waals surface area contributed by atoms with Gasteiger partial charge >= 0.3 is 0 Å². The Bertz CT molecular complexity index is 348. The lowest BCUT2D eigenvalue weighted by atomic mass is 9.73. The molecule has 0 bridgehead atoms. The van der Waals surface area contributed by atoms with Crippen molar-refractivity contribution in [1.82, 2.24) is 4.90 Å². The first-order chi connectivity index (χ1) is 8.58. The molecule has 1 aliphatic carbocycles. The molecule has 2 aliphatic rings. The molecule has 0 aromatic carbocycles. The third-order valence-electron chi connectivity index (χ3n) is 4.57. The summed E-state index contributed by atoms with van der Waals surface area (Å²) in [6, 6.07) is 0. The summed E-state index contributed by atoms with van der Waals surface area (Å²) in [5, 5.41) is 13.0. The summed E-state index contributed by atoms with van der Waals surface area (Å²) in [4.78, 5) is 2.40. The lowest BCUT2D eigenvalue weighted by Gasteiger charge is -2.47. The summed E-state index contributed by atoms with van der Waals surface area (Å²) in [6.07, 6.45) is 2.99. The van der Waals surface area contributed by atoms with Crippen LogP contribution in [-0.4, -0.2) is 47.7 Å². The molecule has 2 atom stereocenters. The van der Waals surface area contributed by atoms with E-state index in [4.69, 9.17) is 4.74 Å². The lowest BCUT2D eigenvalue weighted by molar-refractivity contribution is -0.00228. The zero-order valence-electron chi connectivity index (χ0n) is 11.5. The standard InChI is InChI=1S/C14H24N2O2/c1-11(2)12-4-5-14(3,13(10-12)15-17)16-6-8-18-9-7-16/h12,17H,1,4-10H2,2-3H3/b15-13+. The van der Waals surface area contributed by atoms with Crippen LogP contribution in [0.4, 0.5) is 0 Å². The Kier molecular flexibility index (Phi) is 4.07. The van der Waals surface area contributed by atoms with Crippen LogP contribution >= 0.6 is 0 Å². The SMILES string of the molecule is C=C(C)C1CCC(C)(N2CCOCC2)/C(=N/O)C1. The van der Waals surface area contributed by atoms with Gasteiger partial charge < -0.3 is 9.94 Å². The highest BCUT2D eigenvalue weighted by Gasteiger charge is 2.42. The molecule has 18 heavy (non-hydrogen) atoms. The van der Waals surface area contributed by atoms with E-state index in [1.165, 1.54) is 5.57 Å². The molecule has 1 aliphatic heterocycles. The Balaban J connectivity index is 2.14. The number of ether oxygens (including phenoxy) is 1. The Morgan fingerprint density at radius 3 is 2.72 bits per heavy atom. The number of hydrogen-bond donors (Lipinski definition) is 1. The van der Waals surface area contributed by atoms with Crippen molar-refractivity contribution in [2.24, 2.45) is 11.1 Å². The highest BCUT2D eigenvalue weighted by molar-refractivity contribution is 5.94. The third kappa shape index (κ3) is 2.45. The molecule has 4 heteroatoms. The molecule has 0 aromatic heterocycles. The molecule has 2 rings (SSSR count). The zero-order chi connectivity index (χ0) is 13.2. The first-order valence-electron chi connectivity index (χ1n) is 6.77. The van der Waals surface area contributed by atoms with Gasteiger partial charge in [0.15, 0.2) is 0 Å². The van der Waals surface area contributed by atoms with E-state index in [0.717, 1.165) is 51.3 Å². The van der Waals surface area contributed by atoms with Gasteiger partial charge in [0.1, 0.15) is 0 Å². The molecule has 1 N–H and O–H groups in total. The summed E-state index contributed by atoms with van der Waals surface area (Å²) in [6.45, 7) is 11.7. The average Bonchev–Trinajstić information content (AvgIpc) is 2.40. The van der Waals surface area contributed by atoms with Crippen LogP contribution in [0.1, 0.15) is 33.1 Å². The minimum atomic E-state index is -0.107. The number of nitrogens with zero attached hydrogens (tertiary/aromatic N) is 2. The van der Waals surface area contributed by atoms with Crippen molar-refractivity contribution in [3.8, 4) is 0 Å². The Morgan fingerprint density at radius 2 is 2.17 bits per heavy atom. The van der Waals surface area contributed by atoms with Gasteiger partial charge in [0.2, 0.25) is 0 Å². The highest BCUT2D eigenvalue weighted by Crippen LogP contribution is 2.37. The fraction of sp³-hybridized carbons (Fsp3) is 0.786. The van der Waals surface area contributed by atoms with Crippen molar-refractivity contribution in [2.45, 2.75) is 38.6 Å². The van der Waals surface area contributed by atoms with Crippen LogP contribution in [0.3, 0.4) is 0 Å². The maximum Gasteiger partial charge on any atom is 0.0776 e. The predicted molar refractivity (Wildman–Crippen MR) is 72.2 cm³/mol. The summed E-state index contributed by atoms with van der Waals surface area (Å²) < 4.78 is 5.41. The summed E-state index contributed by atoms with van der Waals surface area (Å²) in [5.74, 6) is 0.463. The third-order valence-corrected chi connectivity index (χ3v) is 4.57. The molecule has 0 aromatic rings. The number of rotatable bonds is 2. The van der Waals surface area contributed by atoms with Gasteiger partial charge in [-0.25, -0.2) is 0 Å². The van der Waals surface area contributed by atoms with Gasteiger partial charge in [0, 0.05) is 13.1 Å². The first-order valence-corrected chi connectivity index (χ1v) is 6.77. The highest BCUT2D eigenvalue weighted by atomic mass is 16.5. The van der Waals surface area contributed by atoms with E-state index in [1.54, 1.807) is 0 Å². The molecule has 1 heterocycles. The summed E-state index contributed by atoms with van der Waals surface area (Å²) in [5.41, 5.74) is 1.99. The van der Waals surface area contributed by atoms with E-state index in [-0.39, 0.29) is 5.54 Å². The summed E-state index contributed by atoms with van der Waals surface area (Å²) >= 11 is 0. The van der Waals surface area contributed by atoms with Gasteiger partial charge in [-0.3, -0.25) is 4.90 Å². The first kappa shape index (κ1) is 13.6. The van der Waals surface area contributed by atoms with Crippen molar-refractivity contribution in [2.75, 3.05) is 26.3 Å². The lowest BCUT2D eigenvalue weighted by Crippen LogP contribution is -2.58. The van der Waals surface area contributed by atoms with Crippen molar-refractivity contribution in [3.05, 3.63) is 12.2 Å². The second kappa shape index (κ2) is 5.41. The number of allylic oxidation sites excluding steroid dienone is 1. The Hall–Kier alpha value is -0.870. The fourth-order valence-corrected chi connectivity index (χ4v) is 3.12. The van der Waals surface area contributed by atoms with Gasteiger partial charge in [0.05, 0.1) is 24.5 Å². The van der Waals surface area contributed by atoms with Crippen molar-refractivity contribution in [1.29, 1.82) is 0 Å². The van der Waals surface area contributed by atoms with E-state index >= 15 is 0 Å². The maximum absolute atomic E-state index is 9.36. The number of oxime groups is 1. The normalized spacial score (nSPS) is 36.8. The molecule has 4 nitrogen and oxygen atoms in total. The van der Waals surface area contributed by atoms with Gasteiger partial charge in [-0.05, 0) is 39.0 Å². The molecule has 2 fully saturated rings. The monoisotopic (exact) mass is 252 g/mol. The van der Waals surface area contributed by atoms with Crippen LogP contribution in [-0.2, 0) is 4.74 Å². The second-order valence-corrected chi connectivity index (χ2v) is 5.71. The van der Waals surface area contributed by atoms with Crippen LogP contribution in [0, 0.1) is 5.92 Å². The van der Waals surface area contributed by atoms with Gasteiger partial charge in [0.25, 0.3) is 0 Å². The molecule has 102 valence electrons. The molecular formula is C14H24N2O2. The number of morpholine rings is 1. The van der Waals surface area contributed by atoms with Crippen LogP contribution in [0.15, 0.2) is 17.3 Å². The molecule has 2 unspecified atom stereocenters. The van der Waals surface area contributed by atoms with E-state index in [9.17, 15) is 5.21 Å². The van der Waals surface area contributed by atoms with Gasteiger partial charge in [-0.2, -0.15) is 0 Å². The largest absolute Gasteiger partial charge is 0.411 e. The van der Waals surface area contributed by atoms with Crippen LogP contribution in [0.5, 0.6) is 0 Å². The molecule has 1 saturated heterocycles. The predicted octanol–water partition coefficient (Wildman–Crippen LogP) is 2.28. The van der Waals surface area contributed by atoms with Crippen molar-refractivity contribution in [3.63, 3.8) is 0 Å². The topological polar surface area (TPSA) is 45.1 Å². The second-order valence-electron chi connectivity index (χ2n) is 5.71. The minimum Gasteiger partial charge on any atom is -0.411 e. The van der Waals surface area contributed by atoms with Crippen LogP contribution < -0.4 is 0 Å². The minimum absolute atomic E-state index is 0.107. The fourth-order valence-electron chi connectivity index (χ4n) is 3.12. The van der Waals surface area contributed by atoms with Crippen molar-refractivity contribution < 1.29 is 9.94 Å². The quantitative estimate of drug-likeness (QED) is 0.466. The summed E-state index contributed by atoms with van der Waals surface area (Å²) in [7, 11) is 0. The average molecular weight is 252 g/mol. The van der Waals surface area contributed by atoms with Gasteiger partial charge in [-0.15, -0.1) is 0 Å². The zero-order valence-corrected chi connectivity index (χ0v) is 11.5. The maximum atomic E-state index is 9.36. The van der Waals surface area contributed by atoms with E-state index in [1.807, 2.05) is 0 Å². The number of hydrogen-bond acceptors (Lipinski definition) is 4. The van der Waals surface area contributed by atoms with E-state index in [0.29, 0.717) is 5.92 Å². The molecular weight excluding hydrogens is 228 g/mol. The molecule has 0 spiro atoms. The van der Waals surface area contributed by atoms with Crippen LogP contribution in [0.25, 0.3) is 0 Å². The van der Waals surface area contributed by atoms with E-state index in [2.05, 4.69) is 30.5 Å².